The van der Waals surface area contributed by atoms with Gasteiger partial charge in [-0.15, -0.1) is 0 Å². The van der Waals surface area contributed by atoms with Crippen LogP contribution in [0.2, 0.25) is 0 Å². The lowest BCUT2D eigenvalue weighted by Crippen LogP contribution is -2.17. The molecule has 0 saturated heterocycles. The summed E-state index contributed by atoms with van der Waals surface area (Å²) in [5, 5.41) is 5.85. The molecule has 0 spiro atoms. The van der Waals surface area contributed by atoms with Crippen molar-refractivity contribution in [1.29, 1.82) is 0 Å². The molecule has 0 unspecified atom stereocenters. The fraction of sp³-hybridized carbons (Fsp3) is 0.263. The second-order valence-electron chi connectivity index (χ2n) is 6.35. The van der Waals surface area contributed by atoms with Gasteiger partial charge in [-0.3, -0.25) is 4.79 Å². The number of aromatic nitrogens is 4. The van der Waals surface area contributed by atoms with Crippen molar-refractivity contribution < 1.29 is 13.9 Å². The molecule has 0 aromatic carbocycles. The van der Waals surface area contributed by atoms with Crippen LogP contribution in [-0.4, -0.2) is 45.0 Å². The maximum Gasteiger partial charge on any atom is 0.262 e. The SMILES string of the molecule is CCOc1nc(C2=CCNC2)ncc1C(=O)Nc1cc(F)c2nc(C)cn2c1. The van der Waals surface area contributed by atoms with E-state index in [1.165, 1.54) is 16.7 Å². The summed E-state index contributed by atoms with van der Waals surface area (Å²) in [6.45, 7) is 5.36. The summed E-state index contributed by atoms with van der Waals surface area (Å²) in [5.74, 6) is -0.295. The summed E-state index contributed by atoms with van der Waals surface area (Å²) in [7, 11) is 0. The number of amides is 1. The summed E-state index contributed by atoms with van der Waals surface area (Å²) in [5.41, 5.74) is 2.31. The van der Waals surface area contributed by atoms with Gasteiger partial charge in [-0.1, -0.05) is 6.08 Å². The summed E-state index contributed by atoms with van der Waals surface area (Å²) in [6.07, 6.45) is 6.70. The van der Waals surface area contributed by atoms with Gasteiger partial charge in [0.15, 0.2) is 17.3 Å². The predicted molar refractivity (Wildman–Crippen MR) is 102 cm³/mol. The lowest BCUT2D eigenvalue weighted by molar-refractivity contribution is 0.102. The Morgan fingerprint density at radius 2 is 2.25 bits per heavy atom. The molecule has 0 fully saturated rings. The van der Waals surface area contributed by atoms with Gasteiger partial charge in [0.1, 0.15) is 5.56 Å². The highest BCUT2D eigenvalue weighted by Gasteiger charge is 2.19. The van der Waals surface area contributed by atoms with Crippen LogP contribution < -0.4 is 15.4 Å². The molecular formula is C19H19FN6O2. The normalized spacial score (nSPS) is 13.6. The first-order valence-electron chi connectivity index (χ1n) is 8.91. The van der Waals surface area contributed by atoms with Gasteiger partial charge in [0, 0.05) is 43.3 Å². The minimum atomic E-state index is -0.525. The second kappa shape index (κ2) is 7.35. The third kappa shape index (κ3) is 3.44. The van der Waals surface area contributed by atoms with E-state index >= 15 is 0 Å². The van der Waals surface area contributed by atoms with Crippen molar-refractivity contribution in [1.82, 2.24) is 24.7 Å². The highest BCUT2D eigenvalue weighted by atomic mass is 19.1. The first-order chi connectivity index (χ1) is 13.5. The molecule has 0 bridgehead atoms. The molecular weight excluding hydrogens is 363 g/mol. The van der Waals surface area contributed by atoms with Crippen LogP contribution in [-0.2, 0) is 0 Å². The molecule has 0 saturated carbocycles. The van der Waals surface area contributed by atoms with E-state index in [0.29, 0.717) is 30.4 Å². The first-order valence-corrected chi connectivity index (χ1v) is 8.91. The Kier molecular flexibility index (Phi) is 4.74. The molecule has 8 nitrogen and oxygen atoms in total. The van der Waals surface area contributed by atoms with E-state index in [1.54, 1.807) is 19.3 Å². The van der Waals surface area contributed by atoms with E-state index in [4.69, 9.17) is 4.74 Å². The maximum absolute atomic E-state index is 14.2. The number of nitrogens with one attached hydrogen (secondary N) is 2. The van der Waals surface area contributed by atoms with Gasteiger partial charge < -0.3 is 19.8 Å². The molecule has 9 heteroatoms. The summed E-state index contributed by atoms with van der Waals surface area (Å²) >= 11 is 0. The molecule has 0 aliphatic carbocycles. The van der Waals surface area contributed by atoms with Crippen LogP contribution >= 0.6 is 0 Å². The van der Waals surface area contributed by atoms with Crippen LogP contribution in [0.1, 0.15) is 28.8 Å². The predicted octanol–water partition coefficient (Wildman–Crippen LogP) is 2.21. The average molecular weight is 382 g/mol. The van der Waals surface area contributed by atoms with E-state index < -0.39 is 11.7 Å². The van der Waals surface area contributed by atoms with Gasteiger partial charge in [0.25, 0.3) is 5.91 Å². The molecule has 1 aliphatic heterocycles. The van der Waals surface area contributed by atoms with E-state index in [0.717, 1.165) is 12.1 Å². The van der Waals surface area contributed by atoms with E-state index in [1.807, 2.05) is 13.0 Å². The van der Waals surface area contributed by atoms with Crippen LogP contribution in [0.25, 0.3) is 11.2 Å². The number of imidazole rings is 1. The Morgan fingerprint density at radius 1 is 1.39 bits per heavy atom. The number of halogens is 1. The quantitative estimate of drug-likeness (QED) is 0.703. The number of anilines is 1. The van der Waals surface area contributed by atoms with Crippen molar-refractivity contribution in [2.24, 2.45) is 0 Å². The number of fused-ring (bicyclic) bond motifs is 1. The van der Waals surface area contributed by atoms with Crippen molar-refractivity contribution in [2.45, 2.75) is 13.8 Å². The van der Waals surface area contributed by atoms with Gasteiger partial charge in [0.2, 0.25) is 5.88 Å². The number of carbonyl (C=O) groups excluding carboxylic acids is 1. The molecule has 4 heterocycles. The topological polar surface area (TPSA) is 93.4 Å². The molecule has 2 N–H and O–H groups in total. The van der Waals surface area contributed by atoms with Gasteiger partial charge in [-0.05, 0) is 13.8 Å². The fourth-order valence-electron chi connectivity index (χ4n) is 3.01. The Labute approximate surface area is 160 Å². The maximum atomic E-state index is 14.2. The molecule has 4 rings (SSSR count). The lowest BCUT2D eigenvalue weighted by atomic mass is 10.2. The van der Waals surface area contributed by atoms with Gasteiger partial charge in [-0.25, -0.2) is 14.4 Å². The zero-order valence-corrected chi connectivity index (χ0v) is 15.5. The molecule has 0 radical (unpaired) electrons. The summed E-state index contributed by atoms with van der Waals surface area (Å²) in [6, 6.07) is 1.23. The first kappa shape index (κ1) is 18.1. The number of hydrogen-bond donors (Lipinski definition) is 2. The Bertz CT molecular complexity index is 1090. The average Bonchev–Trinajstić information content (AvgIpc) is 3.31. The minimum Gasteiger partial charge on any atom is -0.477 e. The molecule has 3 aromatic rings. The molecule has 1 amide bonds. The van der Waals surface area contributed by atoms with Crippen molar-refractivity contribution in [3.05, 3.63) is 53.6 Å². The number of rotatable bonds is 5. The van der Waals surface area contributed by atoms with Crippen molar-refractivity contribution in [3.63, 3.8) is 0 Å². The summed E-state index contributed by atoms with van der Waals surface area (Å²) < 4.78 is 21.3. The van der Waals surface area contributed by atoms with Crippen LogP contribution in [0.3, 0.4) is 0 Å². The molecule has 1 aliphatic rings. The third-order valence-electron chi connectivity index (χ3n) is 4.26. The smallest absolute Gasteiger partial charge is 0.262 e. The Balaban J connectivity index is 1.63. The molecule has 144 valence electrons. The highest BCUT2D eigenvalue weighted by molar-refractivity contribution is 6.05. The number of hydrogen-bond acceptors (Lipinski definition) is 6. The second-order valence-corrected chi connectivity index (χ2v) is 6.35. The zero-order valence-electron chi connectivity index (χ0n) is 15.5. The highest BCUT2D eigenvalue weighted by Crippen LogP contribution is 2.22. The Hall–Kier alpha value is -3.33. The molecule has 3 aromatic heterocycles. The van der Waals surface area contributed by atoms with Gasteiger partial charge >= 0.3 is 0 Å². The van der Waals surface area contributed by atoms with Crippen LogP contribution in [0.4, 0.5) is 10.1 Å². The summed E-state index contributed by atoms with van der Waals surface area (Å²) in [4.78, 5) is 25.5. The van der Waals surface area contributed by atoms with Crippen molar-refractivity contribution >= 4 is 22.8 Å². The van der Waals surface area contributed by atoms with E-state index in [2.05, 4.69) is 25.6 Å². The number of carbonyl (C=O) groups is 1. The molecule has 28 heavy (non-hydrogen) atoms. The van der Waals surface area contributed by atoms with Gasteiger partial charge in [-0.2, -0.15) is 4.98 Å². The number of nitrogens with zero attached hydrogens (tertiary/aromatic N) is 4. The fourth-order valence-corrected chi connectivity index (χ4v) is 3.01. The lowest BCUT2D eigenvalue weighted by Gasteiger charge is -2.11. The van der Waals surface area contributed by atoms with Crippen molar-refractivity contribution in [2.75, 3.05) is 25.0 Å². The van der Waals surface area contributed by atoms with Crippen LogP contribution in [0.15, 0.2) is 30.7 Å². The van der Waals surface area contributed by atoms with E-state index in [9.17, 15) is 9.18 Å². The Morgan fingerprint density at radius 3 is 3.00 bits per heavy atom. The largest absolute Gasteiger partial charge is 0.477 e. The third-order valence-corrected chi connectivity index (χ3v) is 4.26. The van der Waals surface area contributed by atoms with Gasteiger partial charge in [0.05, 0.1) is 18.0 Å². The van der Waals surface area contributed by atoms with Crippen LogP contribution in [0, 0.1) is 12.7 Å². The zero-order chi connectivity index (χ0) is 19.7. The number of aryl methyl sites for hydroxylation is 1. The monoisotopic (exact) mass is 382 g/mol. The van der Waals surface area contributed by atoms with Crippen LogP contribution in [0.5, 0.6) is 5.88 Å². The standard InChI is InChI=1S/C19H19FN6O2/c1-3-28-19-14(8-22-16(25-19)12-4-5-21-7-12)18(27)24-13-6-15(20)17-23-11(2)9-26(17)10-13/h4,6,8-10,21H,3,5,7H2,1-2H3,(H,24,27). The van der Waals surface area contributed by atoms with Crippen molar-refractivity contribution in [3.8, 4) is 5.88 Å². The minimum absolute atomic E-state index is 0.180. The number of ether oxygens (including phenoxy) is 1. The van der Waals surface area contributed by atoms with E-state index in [-0.39, 0.29) is 17.1 Å². The number of pyridine rings is 1. The molecule has 0 atom stereocenters.